The summed E-state index contributed by atoms with van der Waals surface area (Å²) < 4.78 is 5.61. The van der Waals surface area contributed by atoms with Crippen molar-refractivity contribution >= 4 is 22.8 Å². The van der Waals surface area contributed by atoms with Crippen LogP contribution in [0, 0.1) is 0 Å². The van der Waals surface area contributed by atoms with Gasteiger partial charge >= 0.3 is 6.09 Å². The summed E-state index contributed by atoms with van der Waals surface area (Å²) in [7, 11) is 2.16. The number of anilines is 1. The minimum Gasteiger partial charge on any atom is -0.444 e. The average molecular weight is 386 g/mol. The summed E-state index contributed by atoms with van der Waals surface area (Å²) in [6.07, 6.45) is 1.62. The van der Waals surface area contributed by atoms with E-state index in [0.29, 0.717) is 6.54 Å². The van der Waals surface area contributed by atoms with E-state index in [-0.39, 0.29) is 12.1 Å². The maximum Gasteiger partial charge on any atom is 0.410 e. The Morgan fingerprint density at radius 2 is 1.93 bits per heavy atom. The van der Waals surface area contributed by atoms with Crippen molar-refractivity contribution in [2.24, 2.45) is 0 Å². The van der Waals surface area contributed by atoms with Crippen molar-refractivity contribution in [2.45, 2.75) is 45.3 Å². The van der Waals surface area contributed by atoms with Gasteiger partial charge < -0.3 is 19.5 Å². The molecule has 0 spiro atoms. The Bertz CT molecular complexity index is 848. The van der Waals surface area contributed by atoms with Crippen molar-refractivity contribution in [3.8, 4) is 0 Å². The van der Waals surface area contributed by atoms with Gasteiger partial charge in [0.1, 0.15) is 16.9 Å². The third-order valence-corrected chi connectivity index (χ3v) is 5.55. The highest BCUT2D eigenvalue weighted by Crippen LogP contribution is 2.34. The Hall–Kier alpha value is -2.28. The fourth-order valence-corrected chi connectivity index (χ4v) is 4.09. The number of amides is 1. The number of rotatable bonds is 2. The lowest BCUT2D eigenvalue weighted by molar-refractivity contribution is 0.0219. The Balaban J connectivity index is 1.61. The van der Waals surface area contributed by atoms with Gasteiger partial charge in [0.05, 0.1) is 17.2 Å². The first-order valence-electron chi connectivity index (χ1n) is 10.2. The van der Waals surface area contributed by atoms with Crippen LogP contribution in [-0.4, -0.2) is 71.2 Å². The number of benzene rings is 1. The zero-order chi connectivity index (χ0) is 19.9. The van der Waals surface area contributed by atoms with E-state index in [1.54, 1.807) is 0 Å². The van der Waals surface area contributed by atoms with E-state index in [2.05, 4.69) is 40.0 Å². The molecule has 1 aromatic heterocycles. The number of piperazine rings is 1. The summed E-state index contributed by atoms with van der Waals surface area (Å²) in [5, 5.41) is 0. The molecule has 2 aliphatic heterocycles. The number of nitrogens with zero attached hydrogens (tertiary/aromatic N) is 4. The first kappa shape index (κ1) is 19.1. The molecule has 0 aliphatic carbocycles. The minimum absolute atomic E-state index is 0.0532. The summed E-state index contributed by atoms with van der Waals surface area (Å²) in [6, 6.07) is 6.25. The van der Waals surface area contributed by atoms with Crippen molar-refractivity contribution in [1.29, 1.82) is 0 Å². The van der Waals surface area contributed by atoms with Gasteiger partial charge in [0, 0.05) is 32.7 Å². The van der Waals surface area contributed by atoms with Crippen LogP contribution in [0.5, 0.6) is 0 Å². The fraction of sp³-hybridized carbons (Fsp3) is 0.619. The first-order chi connectivity index (χ1) is 13.3. The topological polar surface area (TPSA) is 64.7 Å². The molecule has 152 valence electrons. The van der Waals surface area contributed by atoms with Gasteiger partial charge in [-0.3, -0.25) is 4.90 Å². The predicted molar refractivity (Wildman–Crippen MR) is 111 cm³/mol. The van der Waals surface area contributed by atoms with E-state index in [4.69, 9.17) is 9.72 Å². The van der Waals surface area contributed by atoms with Crippen LogP contribution in [0.15, 0.2) is 18.2 Å². The second-order valence-electron chi connectivity index (χ2n) is 8.92. The molecule has 1 atom stereocenters. The molecule has 1 amide bonds. The Labute approximate surface area is 166 Å². The molecule has 0 bridgehead atoms. The normalized spacial score (nSPS) is 21.5. The molecule has 1 N–H and O–H groups in total. The van der Waals surface area contributed by atoms with Gasteiger partial charge in [0.2, 0.25) is 0 Å². The standard InChI is InChI=1S/C21H31N5O2/c1-21(2,3)28-20(27)26-10-6-9-17(26)19-22-15-7-5-8-16(18(15)23-19)25-13-11-24(4)12-14-25/h5,7-8,17H,6,9-14H2,1-4H3,(H,22,23). The van der Waals surface area contributed by atoms with E-state index >= 15 is 0 Å². The molecule has 2 fully saturated rings. The lowest BCUT2D eigenvalue weighted by Gasteiger charge is -2.34. The number of H-pyrrole nitrogens is 1. The second-order valence-corrected chi connectivity index (χ2v) is 8.92. The van der Waals surface area contributed by atoms with Gasteiger partial charge in [-0.2, -0.15) is 0 Å². The Morgan fingerprint density at radius 1 is 1.18 bits per heavy atom. The number of hydrogen-bond acceptors (Lipinski definition) is 5. The molecular formula is C21H31N5O2. The minimum atomic E-state index is -0.493. The molecular weight excluding hydrogens is 354 g/mol. The molecule has 28 heavy (non-hydrogen) atoms. The van der Waals surface area contributed by atoms with Gasteiger partial charge in [-0.25, -0.2) is 9.78 Å². The lowest BCUT2D eigenvalue weighted by Crippen LogP contribution is -2.44. The maximum absolute atomic E-state index is 12.7. The number of carbonyl (C=O) groups excluding carboxylic acids is 1. The fourth-order valence-electron chi connectivity index (χ4n) is 4.09. The SMILES string of the molecule is CN1CCN(c2cccc3[nH]c(C4CCCN4C(=O)OC(C)(C)C)nc23)CC1. The molecule has 2 saturated heterocycles. The molecule has 7 heteroatoms. The summed E-state index contributed by atoms with van der Waals surface area (Å²) in [5.41, 5.74) is 2.71. The smallest absolute Gasteiger partial charge is 0.410 e. The number of imidazole rings is 1. The Morgan fingerprint density at radius 3 is 2.64 bits per heavy atom. The van der Waals surface area contributed by atoms with Crippen LogP contribution in [0.1, 0.15) is 45.5 Å². The van der Waals surface area contributed by atoms with E-state index < -0.39 is 5.60 Å². The van der Waals surface area contributed by atoms with Crippen molar-refractivity contribution in [3.05, 3.63) is 24.0 Å². The van der Waals surface area contributed by atoms with Crippen molar-refractivity contribution < 1.29 is 9.53 Å². The van der Waals surface area contributed by atoms with Crippen molar-refractivity contribution in [2.75, 3.05) is 44.7 Å². The van der Waals surface area contributed by atoms with Crippen LogP contribution in [0.4, 0.5) is 10.5 Å². The highest BCUT2D eigenvalue weighted by atomic mass is 16.6. The van der Waals surface area contributed by atoms with Gasteiger partial charge in [0.15, 0.2) is 0 Å². The van der Waals surface area contributed by atoms with Crippen molar-refractivity contribution in [1.82, 2.24) is 19.8 Å². The molecule has 1 aromatic carbocycles. The highest BCUT2D eigenvalue weighted by molar-refractivity contribution is 5.89. The van der Waals surface area contributed by atoms with E-state index in [1.807, 2.05) is 25.7 Å². The molecule has 2 aromatic rings. The number of aromatic nitrogens is 2. The zero-order valence-corrected chi connectivity index (χ0v) is 17.4. The largest absolute Gasteiger partial charge is 0.444 e. The summed E-state index contributed by atoms with van der Waals surface area (Å²) in [5.74, 6) is 0.861. The van der Waals surface area contributed by atoms with Gasteiger partial charge in [0.25, 0.3) is 0 Å². The lowest BCUT2D eigenvalue weighted by atomic mass is 10.2. The average Bonchev–Trinajstić information content (AvgIpc) is 3.27. The van der Waals surface area contributed by atoms with Crippen molar-refractivity contribution in [3.63, 3.8) is 0 Å². The summed E-state index contributed by atoms with van der Waals surface area (Å²) in [6.45, 7) is 10.5. The number of carbonyl (C=O) groups is 1. The van der Waals surface area contributed by atoms with Crippen LogP contribution in [-0.2, 0) is 4.74 Å². The van der Waals surface area contributed by atoms with Gasteiger partial charge in [-0.1, -0.05) is 6.07 Å². The monoisotopic (exact) mass is 385 g/mol. The number of ether oxygens (including phenoxy) is 1. The predicted octanol–water partition coefficient (Wildman–Crippen LogP) is 3.39. The number of likely N-dealkylation sites (tertiary alicyclic amines) is 1. The van der Waals surface area contributed by atoms with Crippen LogP contribution < -0.4 is 4.90 Å². The summed E-state index contributed by atoms with van der Waals surface area (Å²) in [4.78, 5) is 27.7. The number of likely N-dealkylation sites (N-methyl/N-ethyl adjacent to an activating group) is 1. The third kappa shape index (κ3) is 3.81. The molecule has 0 saturated carbocycles. The number of hydrogen-bond donors (Lipinski definition) is 1. The number of nitrogens with one attached hydrogen (secondary N) is 1. The number of fused-ring (bicyclic) bond motifs is 1. The van der Waals surface area contributed by atoms with Crippen LogP contribution in [0.25, 0.3) is 11.0 Å². The number of aromatic amines is 1. The van der Waals surface area contributed by atoms with E-state index in [1.165, 1.54) is 5.69 Å². The highest BCUT2D eigenvalue weighted by Gasteiger charge is 2.35. The molecule has 7 nitrogen and oxygen atoms in total. The molecule has 4 rings (SSSR count). The van der Waals surface area contributed by atoms with Crippen LogP contribution >= 0.6 is 0 Å². The third-order valence-electron chi connectivity index (χ3n) is 5.55. The maximum atomic E-state index is 12.7. The van der Waals surface area contributed by atoms with E-state index in [0.717, 1.165) is 55.9 Å². The summed E-state index contributed by atoms with van der Waals surface area (Å²) >= 11 is 0. The second kappa shape index (κ2) is 7.28. The first-order valence-corrected chi connectivity index (χ1v) is 10.2. The molecule has 0 radical (unpaired) electrons. The Kier molecular flexibility index (Phi) is 4.95. The quantitative estimate of drug-likeness (QED) is 0.858. The van der Waals surface area contributed by atoms with Crippen LogP contribution in [0.3, 0.4) is 0 Å². The molecule has 2 aliphatic rings. The van der Waals surface area contributed by atoms with Crippen LogP contribution in [0.2, 0.25) is 0 Å². The zero-order valence-electron chi connectivity index (χ0n) is 17.4. The van der Waals surface area contributed by atoms with E-state index in [9.17, 15) is 4.79 Å². The van der Waals surface area contributed by atoms with Gasteiger partial charge in [-0.05, 0) is 52.8 Å². The van der Waals surface area contributed by atoms with Gasteiger partial charge in [-0.15, -0.1) is 0 Å². The number of para-hydroxylation sites is 1. The molecule has 3 heterocycles. The molecule has 1 unspecified atom stereocenters.